The lowest BCUT2D eigenvalue weighted by molar-refractivity contribution is -0.130. The zero-order valence-electron chi connectivity index (χ0n) is 17.3. The van der Waals surface area contributed by atoms with E-state index in [1.54, 1.807) is 4.90 Å². The molecule has 1 unspecified atom stereocenters. The number of likely N-dealkylation sites (tertiary alicyclic amines) is 1. The molecule has 2 heterocycles. The number of carbonyl (C=O) groups is 2. The molecule has 1 aliphatic heterocycles. The third-order valence-electron chi connectivity index (χ3n) is 5.04. The fourth-order valence-corrected chi connectivity index (χ4v) is 3.36. The molecule has 10 heteroatoms. The van der Waals surface area contributed by atoms with Crippen LogP contribution in [0.15, 0.2) is 24.3 Å². The van der Waals surface area contributed by atoms with E-state index < -0.39 is 5.91 Å². The predicted octanol–water partition coefficient (Wildman–Crippen LogP) is 1.20. The van der Waals surface area contributed by atoms with E-state index in [1.807, 2.05) is 24.3 Å². The van der Waals surface area contributed by atoms with Gasteiger partial charge in [0.25, 0.3) is 5.91 Å². The number of nitrogens with two attached hydrogens (primary N) is 2. The van der Waals surface area contributed by atoms with E-state index >= 15 is 0 Å². The third-order valence-corrected chi connectivity index (χ3v) is 5.04. The van der Waals surface area contributed by atoms with Crippen LogP contribution in [0.3, 0.4) is 0 Å². The Morgan fingerprint density at radius 3 is 2.60 bits per heavy atom. The number of primary amides is 1. The summed E-state index contributed by atoms with van der Waals surface area (Å²) in [7, 11) is 0. The Bertz CT molecular complexity index is 900. The number of nitrogens with one attached hydrogen (secondary N) is 2. The Kier molecular flexibility index (Phi) is 6.78. The molecular weight excluding hydrogens is 384 g/mol. The smallest absolute Gasteiger partial charge is 0.273 e. The number of amides is 2. The first-order chi connectivity index (χ1) is 14.4. The van der Waals surface area contributed by atoms with Gasteiger partial charge in [-0.2, -0.15) is 4.98 Å². The maximum atomic E-state index is 11.9. The summed E-state index contributed by atoms with van der Waals surface area (Å²) >= 11 is 0. The Morgan fingerprint density at radius 2 is 1.97 bits per heavy atom. The van der Waals surface area contributed by atoms with Crippen molar-refractivity contribution in [3.63, 3.8) is 0 Å². The summed E-state index contributed by atoms with van der Waals surface area (Å²) < 4.78 is 0. The van der Waals surface area contributed by atoms with Gasteiger partial charge < -0.3 is 27.0 Å². The molecule has 3 rings (SSSR count). The van der Waals surface area contributed by atoms with Crippen LogP contribution < -0.4 is 22.1 Å². The zero-order chi connectivity index (χ0) is 21.7. The first-order valence-electron chi connectivity index (χ1n) is 10.0. The Labute approximate surface area is 175 Å². The largest absolute Gasteiger partial charge is 0.364 e. The summed E-state index contributed by atoms with van der Waals surface area (Å²) in [5.74, 6) is 0.0892. The molecule has 0 aliphatic carbocycles. The second-order valence-electron chi connectivity index (χ2n) is 7.63. The van der Waals surface area contributed by atoms with Crippen molar-refractivity contribution in [2.45, 2.75) is 38.6 Å². The summed E-state index contributed by atoms with van der Waals surface area (Å²) in [6.45, 7) is 5.42. The maximum absolute atomic E-state index is 11.9. The van der Waals surface area contributed by atoms with Gasteiger partial charge in [0.05, 0.1) is 6.54 Å². The van der Waals surface area contributed by atoms with Crippen LogP contribution in [0.4, 0.5) is 17.5 Å². The molecule has 1 saturated heterocycles. The number of nitrogens with zero attached hydrogens (tertiary/aromatic N) is 4. The predicted molar refractivity (Wildman–Crippen MR) is 114 cm³/mol. The number of anilines is 3. The fraction of sp³-hybridized carbons (Fsp3) is 0.450. The van der Waals surface area contributed by atoms with Crippen molar-refractivity contribution in [3.8, 4) is 0 Å². The molecule has 160 valence electrons. The van der Waals surface area contributed by atoms with Gasteiger partial charge in [-0.15, -0.1) is 10.2 Å². The quantitative estimate of drug-likeness (QED) is 0.529. The van der Waals surface area contributed by atoms with E-state index in [0.717, 1.165) is 18.5 Å². The van der Waals surface area contributed by atoms with Gasteiger partial charge in [0, 0.05) is 24.8 Å². The molecule has 6 N–H and O–H groups in total. The SMILES string of the molecule is CC(C)c1ccc(Nc2nc(NC3CCCN(C(=O)CN)C3)nnc2C(N)=O)cc1. The average Bonchev–Trinajstić information content (AvgIpc) is 2.73. The lowest BCUT2D eigenvalue weighted by atomic mass is 10.0. The van der Waals surface area contributed by atoms with Gasteiger partial charge in [0.15, 0.2) is 11.5 Å². The number of hydrogen-bond donors (Lipinski definition) is 4. The molecule has 0 saturated carbocycles. The highest BCUT2D eigenvalue weighted by molar-refractivity contribution is 5.96. The fourth-order valence-electron chi connectivity index (χ4n) is 3.36. The molecule has 1 aliphatic rings. The number of piperidine rings is 1. The molecule has 1 aromatic heterocycles. The van der Waals surface area contributed by atoms with Crippen molar-refractivity contribution in [1.29, 1.82) is 0 Å². The Balaban J connectivity index is 1.77. The van der Waals surface area contributed by atoms with Gasteiger partial charge in [0.2, 0.25) is 11.9 Å². The topological polar surface area (TPSA) is 152 Å². The van der Waals surface area contributed by atoms with Crippen LogP contribution >= 0.6 is 0 Å². The molecule has 1 fully saturated rings. The van der Waals surface area contributed by atoms with Gasteiger partial charge in [-0.25, -0.2) is 0 Å². The average molecular weight is 412 g/mol. The Hall–Kier alpha value is -3.27. The molecule has 2 amide bonds. The van der Waals surface area contributed by atoms with Crippen molar-refractivity contribution >= 4 is 29.3 Å². The van der Waals surface area contributed by atoms with Crippen LogP contribution in [0.5, 0.6) is 0 Å². The number of rotatable bonds is 7. The molecular formula is C20H28N8O2. The lowest BCUT2D eigenvalue weighted by Gasteiger charge is -2.32. The number of hydrogen-bond acceptors (Lipinski definition) is 8. The van der Waals surface area contributed by atoms with Crippen LogP contribution in [-0.2, 0) is 4.79 Å². The summed E-state index contributed by atoms with van der Waals surface area (Å²) in [6.07, 6.45) is 1.71. The minimum Gasteiger partial charge on any atom is -0.364 e. The molecule has 1 atom stereocenters. The highest BCUT2D eigenvalue weighted by Gasteiger charge is 2.24. The third kappa shape index (κ3) is 5.20. The van der Waals surface area contributed by atoms with Crippen molar-refractivity contribution < 1.29 is 9.59 Å². The summed E-state index contributed by atoms with van der Waals surface area (Å²) in [4.78, 5) is 29.8. The molecule has 0 bridgehead atoms. The maximum Gasteiger partial charge on any atom is 0.273 e. The van der Waals surface area contributed by atoms with Gasteiger partial charge >= 0.3 is 0 Å². The lowest BCUT2D eigenvalue weighted by Crippen LogP contribution is -2.47. The molecule has 1 aromatic carbocycles. The van der Waals surface area contributed by atoms with E-state index in [0.29, 0.717) is 19.0 Å². The minimum atomic E-state index is -0.722. The second-order valence-corrected chi connectivity index (χ2v) is 7.63. The van der Waals surface area contributed by atoms with E-state index in [-0.39, 0.29) is 36.0 Å². The number of aromatic nitrogens is 3. The van der Waals surface area contributed by atoms with Crippen LogP contribution in [-0.4, -0.2) is 57.6 Å². The second kappa shape index (κ2) is 9.49. The van der Waals surface area contributed by atoms with Crippen molar-refractivity contribution in [2.24, 2.45) is 11.5 Å². The highest BCUT2D eigenvalue weighted by Crippen LogP contribution is 2.22. The molecule has 0 radical (unpaired) electrons. The number of carbonyl (C=O) groups excluding carboxylic acids is 2. The summed E-state index contributed by atoms with van der Waals surface area (Å²) in [5, 5.41) is 14.2. The zero-order valence-corrected chi connectivity index (χ0v) is 17.3. The van der Waals surface area contributed by atoms with Crippen molar-refractivity contribution in [2.75, 3.05) is 30.3 Å². The standard InChI is InChI=1S/C20H28N8O2/c1-12(2)13-5-7-14(8-6-13)23-19-17(18(22)30)26-27-20(25-19)24-15-4-3-9-28(11-15)16(29)10-21/h5-8,12,15H,3-4,9-11,21H2,1-2H3,(H2,22,30)(H2,23,24,25,27). The van der Waals surface area contributed by atoms with Crippen LogP contribution in [0.25, 0.3) is 0 Å². The molecule has 10 nitrogen and oxygen atoms in total. The minimum absolute atomic E-state index is 0.0122. The first-order valence-corrected chi connectivity index (χ1v) is 10.0. The molecule has 0 spiro atoms. The Morgan fingerprint density at radius 1 is 1.23 bits per heavy atom. The van der Waals surface area contributed by atoms with Crippen molar-refractivity contribution in [3.05, 3.63) is 35.5 Å². The van der Waals surface area contributed by atoms with Gasteiger partial charge in [-0.3, -0.25) is 9.59 Å². The summed E-state index contributed by atoms with van der Waals surface area (Å²) in [5.41, 5.74) is 12.8. The van der Waals surface area contributed by atoms with E-state index in [4.69, 9.17) is 11.5 Å². The normalized spacial score (nSPS) is 16.4. The van der Waals surface area contributed by atoms with Gasteiger partial charge in [0.1, 0.15) is 0 Å². The molecule has 30 heavy (non-hydrogen) atoms. The van der Waals surface area contributed by atoms with E-state index in [9.17, 15) is 9.59 Å². The van der Waals surface area contributed by atoms with E-state index in [2.05, 4.69) is 39.7 Å². The van der Waals surface area contributed by atoms with Crippen LogP contribution in [0.1, 0.15) is 48.7 Å². The first kappa shape index (κ1) is 21.4. The summed E-state index contributed by atoms with van der Waals surface area (Å²) in [6, 6.07) is 7.80. The van der Waals surface area contributed by atoms with Crippen molar-refractivity contribution in [1.82, 2.24) is 20.1 Å². The van der Waals surface area contributed by atoms with Gasteiger partial charge in [-0.1, -0.05) is 26.0 Å². The van der Waals surface area contributed by atoms with Crippen LogP contribution in [0, 0.1) is 0 Å². The molecule has 2 aromatic rings. The monoisotopic (exact) mass is 412 g/mol. The number of benzene rings is 1. The van der Waals surface area contributed by atoms with Gasteiger partial charge in [-0.05, 0) is 36.5 Å². The van der Waals surface area contributed by atoms with E-state index in [1.165, 1.54) is 5.56 Å². The van der Waals surface area contributed by atoms with Crippen LogP contribution in [0.2, 0.25) is 0 Å². The highest BCUT2D eigenvalue weighted by atomic mass is 16.2.